The van der Waals surface area contributed by atoms with Crippen LogP contribution < -0.4 is 16.0 Å². The Hall–Kier alpha value is -6.11. The molecule has 230 valence electrons. The molecular formula is C42H30N4O2. The van der Waals surface area contributed by atoms with E-state index in [1.807, 2.05) is 36.5 Å². The number of nitrogens with zero attached hydrogens (tertiary/aromatic N) is 1. The molecule has 0 bridgehead atoms. The highest BCUT2D eigenvalue weighted by molar-refractivity contribution is 6.07. The molecule has 2 aromatic heterocycles. The van der Waals surface area contributed by atoms with E-state index in [1.165, 1.54) is 10.8 Å². The normalized spacial score (nSPS) is 18.9. The fourth-order valence-corrected chi connectivity index (χ4v) is 7.48. The van der Waals surface area contributed by atoms with Gasteiger partial charge in [0.25, 0.3) is 0 Å². The number of hydrogen-bond acceptors (Lipinski definition) is 6. The summed E-state index contributed by atoms with van der Waals surface area (Å²) in [5.41, 5.74) is 8.15. The van der Waals surface area contributed by atoms with Gasteiger partial charge in [-0.3, -0.25) is 5.32 Å². The molecule has 2 aliphatic rings. The van der Waals surface area contributed by atoms with Crippen molar-refractivity contribution in [2.75, 3.05) is 0 Å². The Morgan fingerprint density at radius 1 is 0.583 bits per heavy atom. The first kappa shape index (κ1) is 27.0. The van der Waals surface area contributed by atoms with E-state index in [2.05, 4.69) is 125 Å². The van der Waals surface area contributed by atoms with Crippen LogP contribution in [0, 0.1) is 0 Å². The predicted octanol–water partition coefficient (Wildman–Crippen LogP) is 9.49. The van der Waals surface area contributed by atoms with Crippen molar-refractivity contribution in [3.63, 3.8) is 0 Å². The molecule has 4 heterocycles. The number of para-hydroxylation sites is 1. The molecule has 3 unspecified atom stereocenters. The van der Waals surface area contributed by atoms with Gasteiger partial charge in [-0.2, -0.15) is 0 Å². The van der Waals surface area contributed by atoms with Crippen molar-refractivity contribution < 1.29 is 8.83 Å². The lowest BCUT2D eigenvalue weighted by Gasteiger charge is -2.34. The molecule has 10 rings (SSSR count). The van der Waals surface area contributed by atoms with Gasteiger partial charge in [-0.15, -0.1) is 0 Å². The van der Waals surface area contributed by atoms with Gasteiger partial charge >= 0.3 is 0 Å². The highest BCUT2D eigenvalue weighted by atomic mass is 16.3. The van der Waals surface area contributed by atoms with Crippen LogP contribution in [0.5, 0.6) is 0 Å². The number of benzene rings is 6. The Morgan fingerprint density at radius 3 is 2.21 bits per heavy atom. The summed E-state index contributed by atoms with van der Waals surface area (Å²) in [7, 11) is 0. The zero-order valence-electron chi connectivity index (χ0n) is 25.9. The van der Waals surface area contributed by atoms with Crippen molar-refractivity contribution in [1.29, 1.82) is 0 Å². The van der Waals surface area contributed by atoms with Crippen molar-refractivity contribution in [2.45, 2.75) is 18.4 Å². The molecule has 0 aliphatic carbocycles. The lowest BCUT2D eigenvalue weighted by molar-refractivity contribution is 0.407. The summed E-state index contributed by atoms with van der Waals surface area (Å²) in [5.74, 6) is 1.72. The van der Waals surface area contributed by atoms with Crippen molar-refractivity contribution in [2.24, 2.45) is 4.99 Å². The summed E-state index contributed by atoms with van der Waals surface area (Å²) in [4.78, 5) is 5.29. The number of hydrogen-bond donors (Lipinski definition) is 3. The highest BCUT2D eigenvalue weighted by Crippen LogP contribution is 2.42. The molecule has 2 aliphatic heterocycles. The standard InChI is InChI=1S/C42H30N4O2/c1-2-11-25(12-3-1)40-44-41(46-42(45-40)31-18-10-20-34-37(31)30-17-8-9-19-33(30)47-34)29-16-7-6-15-28(29)39-38-32-23-26-13-4-5-14-27(26)24-36(32)48-35(38)21-22-43-39/h1-24,39,41-43,46H,(H,44,45). The lowest BCUT2D eigenvalue weighted by atomic mass is 9.89. The van der Waals surface area contributed by atoms with Gasteiger partial charge in [0, 0.05) is 39.0 Å². The largest absolute Gasteiger partial charge is 0.456 e. The highest BCUT2D eigenvalue weighted by Gasteiger charge is 2.32. The van der Waals surface area contributed by atoms with Crippen molar-refractivity contribution in [3.05, 3.63) is 173 Å². The van der Waals surface area contributed by atoms with E-state index in [4.69, 9.17) is 13.8 Å². The number of nitrogens with one attached hydrogen (secondary N) is 3. The summed E-state index contributed by atoms with van der Waals surface area (Å²) in [5, 5.41) is 17.0. The van der Waals surface area contributed by atoms with Crippen LogP contribution in [0.3, 0.4) is 0 Å². The number of aliphatic imine (C=N–C) groups is 1. The van der Waals surface area contributed by atoms with Gasteiger partial charge in [-0.1, -0.05) is 109 Å². The molecule has 0 amide bonds. The van der Waals surface area contributed by atoms with Crippen molar-refractivity contribution in [3.8, 4) is 0 Å². The molecule has 6 aromatic carbocycles. The minimum absolute atomic E-state index is 0.119. The molecule has 8 aromatic rings. The first-order chi connectivity index (χ1) is 23.8. The van der Waals surface area contributed by atoms with Gasteiger partial charge in [0.1, 0.15) is 40.7 Å². The van der Waals surface area contributed by atoms with E-state index in [0.29, 0.717) is 0 Å². The van der Waals surface area contributed by atoms with E-state index >= 15 is 0 Å². The fraction of sp³-hybridized carbons (Fsp3) is 0.0714. The lowest BCUT2D eigenvalue weighted by Crippen LogP contribution is -2.45. The summed E-state index contributed by atoms with van der Waals surface area (Å²) in [6, 6.07) is 46.2. The molecule has 6 heteroatoms. The topological polar surface area (TPSA) is 74.7 Å². The second-order valence-corrected chi connectivity index (χ2v) is 12.4. The molecular weight excluding hydrogens is 592 g/mol. The summed E-state index contributed by atoms with van der Waals surface area (Å²) < 4.78 is 12.7. The first-order valence-electron chi connectivity index (χ1n) is 16.3. The smallest absolute Gasteiger partial charge is 0.135 e. The Balaban J connectivity index is 1.12. The van der Waals surface area contributed by atoms with Gasteiger partial charge in [-0.25, -0.2) is 4.99 Å². The molecule has 3 N–H and O–H groups in total. The Bertz CT molecular complexity index is 2580. The van der Waals surface area contributed by atoms with Gasteiger partial charge in [0.15, 0.2) is 0 Å². The maximum absolute atomic E-state index is 6.47. The number of fused-ring (bicyclic) bond motifs is 7. The van der Waals surface area contributed by atoms with Crippen LogP contribution in [-0.4, -0.2) is 5.84 Å². The van der Waals surface area contributed by atoms with E-state index in [-0.39, 0.29) is 18.4 Å². The molecule has 0 radical (unpaired) electrons. The molecule has 0 fully saturated rings. The zero-order valence-corrected chi connectivity index (χ0v) is 25.9. The SMILES string of the molecule is C1=Cc2oc3cc4ccccc4cc3c2C(c2ccccc2C2NC(c3ccccc3)=NC(c3cccc4oc5ccccc5c34)N2)N1. The van der Waals surface area contributed by atoms with E-state index in [1.54, 1.807) is 0 Å². The Morgan fingerprint density at radius 2 is 1.31 bits per heavy atom. The van der Waals surface area contributed by atoms with E-state index < -0.39 is 0 Å². The molecule has 0 saturated heterocycles. The van der Waals surface area contributed by atoms with Crippen molar-refractivity contribution in [1.82, 2.24) is 16.0 Å². The maximum Gasteiger partial charge on any atom is 0.135 e. The Labute approximate surface area is 276 Å². The summed E-state index contributed by atoms with van der Waals surface area (Å²) in [6.45, 7) is 0. The third-order valence-electron chi connectivity index (χ3n) is 9.67. The van der Waals surface area contributed by atoms with Crippen LogP contribution in [0.25, 0.3) is 49.8 Å². The maximum atomic E-state index is 6.47. The molecule has 48 heavy (non-hydrogen) atoms. The summed E-state index contributed by atoms with van der Waals surface area (Å²) >= 11 is 0. The van der Waals surface area contributed by atoms with Crippen LogP contribution in [0.2, 0.25) is 0 Å². The van der Waals surface area contributed by atoms with E-state index in [9.17, 15) is 0 Å². The van der Waals surface area contributed by atoms with Crippen LogP contribution >= 0.6 is 0 Å². The first-order valence-corrected chi connectivity index (χ1v) is 16.3. The minimum Gasteiger partial charge on any atom is -0.456 e. The third kappa shape index (κ3) is 4.27. The quantitative estimate of drug-likeness (QED) is 0.182. The minimum atomic E-state index is -0.333. The van der Waals surface area contributed by atoms with Gasteiger partial charge in [-0.05, 0) is 52.2 Å². The van der Waals surface area contributed by atoms with Crippen LogP contribution in [0.1, 0.15) is 52.0 Å². The monoisotopic (exact) mass is 622 g/mol. The molecule has 6 nitrogen and oxygen atoms in total. The average Bonchev–Trinajstić information content (AvgIpc) is 3.72. The van der Waals surface area contributed by atoms with Gasteiger partial charge in [0.05, 0.1) is 6.04 Å². The van der Waals surface area contributed by atoms with Crippen LogP contribution in [0.4, 0.5) is 0 Å². The Kier molecular flexibility index (Phi) is 6.04. The zero-order chi connectivity index (χ0) is 31.6. The number of amidine groups is 1. The number of furan rings is 2. The van der Waals surface area contributed by atoms with Crippen LogP contribution in [-0.2, 0) is 0 Å². The second kappa shape index (κ2) is 10.7. The van der Waals surface area contributed by atoms with Gasteiger partial charge in [0.2, 0.25) is 0 Å². The fourth-order valence-electron chi connectivity index (χ4n) is 7.48. The third-order valence-corrected chi connectivity index (χ3v) is 9.67. The molecule has 0 spiro atoms. The van der Waals surface area contributed by atoms with Crippen molar-refractivity contribution >= 4 is 55.6 Å². The molecule has 3 atom stereocenters. The van der Waals surface area contributed by atoms with E-state index in [0.717, 1.165) is 72.3 Å². The number of rotatable bonds is 4. The van der Waals surface area contributed by atoms with Gasteiger partial charge < -0.3 is 19.5 Å². The second-order valence-electron chi connectivity index (χ2n) is 12.4. The summed E-state index contributed by atoms with van der Waals surface area (Å²) in [6.07, 6.45) is 3.45. The average molecular weight is 623 g/mol. The van der Waals surface area contributed by atoms with Crippen LogP contribution in [0.15, 0.2) is 153 Å². The molecule has 0 saturated carbocycles. The predicted molar refractivity (Wildman–Crippen MR) is 193 cm³/mol.